The molecule has 1 aliphatic carbocycles. The highest BCUT2D eigenvalue weighted by atomic mass is 19.1. The number of nitrogens with one attached hydrogen (secondary N) is 1. The summed E-state index contributed by atoms with van der Waals surface area (Å²) in [7, 11) is 0. The molecule has 1 aliphatic heterocycles. The molecule has 1 aromatic heterocycles. The van der Waals surface area contributed by atoms with Crippen LogP contribution >= 0.6 is 0 Å². The molecule has 7 nitrogen and oxygen atoms in total. The van der Waals surface area contributed by atoms with E-state index in [2.05, 4.69) is 10.3 Å². The highest BCUT2D eigenvalue weighted by Crippen LogP contribution is 2.33. The summed E-state index contributed by atoms with van der Waals surface area (Å²) < 4.78 is 25.7. The number of rotatable bonds is 8. The fraction of sp³-hybridized carbons (Fsp3) is 0.435. The Labute approximate surface area is 179 Å². The fourth-order valence-electron chi connectivity index (χ4n) is 4.03. The molecule has 0 bridgehead atoms. The molecule has 0 spiro atoms. The third kappa shape index (κ3) is 4.33. The van der Waals surface area contributed by atoms with Crippen molar-refractivity contribution in [3.63, 3.8) is 0 Å². The van der Waals surface area contributed by atoms with Crippen molar-refractivity contribution in [2.75, 3.05) is 6.61 Å². The topological polar surface area (TPSA) is 104 Å². The quantitative estimate of drug-likeness (QED) is 0.630. The maximum Gasteiger partial charge on any atom is 0.255 e. The second kappa shape index (κ2) is 8.91. The van der Waals surface area contributed by atoms with Crippen molar-refractivity contribution in [1.82, 2.24) is 10.3 Å². The summed E-state index contributed by atoms with van der Waals surface area (Å²) in [5.41, 5.74) is 5.81. The second-order valence-electron chi connectivity index (χ2n) is 8.09. The minimum atomic E-state index is -1.53. The van der Waals surface area contributed by atoms with E-state index in [1.54, 1.807) is 30.7 Å². The van der Waals surface area contributed by atoms with Crippen LogP contribution in [0.3, 0.4) is 0 Å². The zero-order valence-electron chi connectivity index (χ0n) is 17.3. The van der Waals surface area contributed by atoms with Crippen LogP contribution in [0.1, 0.15) is 43.0 Å². The highest BCUT2D eigenvalue weighted by Gasteiger charge is 2.41. The molecule has 2 aromatic rings. The number of carbonyl (C=O) groups is 2. The molecule has 2 aliphatic rings. The van der Waals surface area contributed by atoms with Gasteiger partial charge in [0.15, 0.2) is 6.17 Å². The van der Waals surface area contributed by atoms with Crippen molar-refractivity contribution >= 4 is 22.6 Å². The number of carbonyl (C=O) groups excluding carboxylic acids is 2. The number of amides is 2. The maximum atomic E-state index is 14.0. The van der Waals surface area contributed by atoms with E-state index in [1.165, 1.54) is 6.42 Å². The van der Waals surface area contributed by atoms with Gasteiger partial charge in [0.05, 0.1) is 17.9 Å². The number of halogens is 1. The van der Waals surface area contributed by atoms with E-state index < -0.39 is 29.9 Å². The predicted octanol–water partition coefficient (Wildman–Crippen LogP) is 3.27. The van der Waals surface area contributed by atoms with Crippen LogP contribution in [-0.4, -0.2) is 35.6 Å². The lowest BCUT2D eigenvalue weighted by Gasteiger charge is -2.21. The number of nitrogens with zero attached hydrogens (tertiary/aromatic N) is 1. The van der Waals surface area contributed by atoms with E-state index >= 15 is 0 Å². The Morgan fingerprint density at radius 2 is 2.19 bits per heavy atom. The van der Waals surface area contributed by atoms with Gasteiger partial charge in [-0.1, -0.05) is 13.3 Å². The van der Waals surface area contributed by atoms with Gasteiger partial charge in [-0.2, -0.15) is 0 Å². The summed E-state index contributed by atoms with van der Waals surface area (Å²) in [6, 6.07) is 4.62. The average Bonchev–Trinajstić information content (AvgIpc) is 3.00. The van der Waals surface area contributed by atoms with E-state index in [9.17, 15) is 14.0 Å². The van der Waals surface area contributed by atoms with Crippen molar-refractivity contribution in [2.24, 2.45) is 17.6 Å². The number of fused-ring (bicyclic) bond motifs is 1. The number of aromatic nitrogens is 1. The Hall–Kier alpha value is -3.16. The van der Waals surface area contributed by atoms with Gasteiger partial charge < -0.3 is 20.5 Å². The smallest absolute Gasteiger partial charge is 0.255 e. The first-order chi connectivity index (χ1) is 15.0. The van der Waals surface area contributed by atoms with Crippen LogP contribution in [0.4, 0.5) is 4.39 Å². The molecule has 164 valence electrons. The molecule has 1 saturated carbocycles. The van der Waals surface area contributed by atoms with Gasteiger partial charge in [-0.25, -0.2) is 9.37 Å². The average molecular weight is 427 g/mol. The van der Waals surface area contributed by atoms with Crippen LogP contribution < -0.4 is 20.5 Å². The number of ether oxygens (including phenoxy) is 2. The van der Waals surface area contributed by atoms with Gasteiger partial charge in [0.2, 0.25) is 5.88 Å². The van der Waals surface area contributed by atoms with E-state index in [1.807, 2.05) is 13.0 Å². The van der Waals surface area contributed by atoms with E-state index in [0.717, 1.165) is 12.8 Å². The van der Waals surface area contributed by atoms with Crippen LogP contribution in [0.15, 0.2) is 36.7 Å². The molecular weight excluding hydrogens is 401 g/mol. The van der Waals surface area contributed by atoms with Gasteiger partial charge >= 0.3 is 0 Å². The SMILES string of the molecule is CC[C@@H]1[C@H](F)C(=O)N[C@@H]1COc1nccc2cc(C(N)=O)c(O/C=C/C3CCC3)cc12. The van der Waals surface area contributed by atoms with Crippen LogP contribution in [0.2, 0.25) is 0 Å². The Morgan fingerprint density at radius 1 is 1.39 bits per heavy atom. The van der Waals surface area contributed by atoms with E-state index in [0.29, 0.717) is 34.7 Å². The van der Waals surface area contributed by atoms with Crippen LogP contribution in [-0.2, 0) is 4.79 Å². The summed E-state index contributed by atoms with van der Waals surface area (Å²) in [5, 5.41) is 3.99. The molecule has 8 heteroatoms. The third-order valence-electron chi connectivity index (χ3n) is 6.13. The summed E-state index contributed by atoms with van der Waals surface area (Å²) in [4.78, 5) is 27.9. The van der Waals surface area contributed by atoms with Crippen molar-refractivity contribution in [2.45, 2.75) is 44.8 Å². The zero-order chi connectivity index (χ0) is 22.0. The number of alkyl halides is 1. The molecule has 3 atom stereocenters. The summed E-state index contributed by atoms with van der Waals surface area (Å²) in [6.07, 6.45) is 7.62. The molecule has 0 radical (unpaired) electrons. The first-order valence-electron chi connectivity index (χ1n) is 10.6. The Balaban J connectivity index is 1.58. The number of hydrogen-bond acceptors (Lipinski definition) is 5. The van der Waals surface area contributed by atoms with Gasteiger partial charge in [-0.05, 0) is 54.8 Å². The molecule has 2 fully saturated rings. The van der Waals surface area contributed by atoms with E-state index in [-0.39, 0.29) is 12.2 Å². The van der Waals surface area contributed by atoms with Crippen molar-refractivity contribution in [3.05, 3.63) is 42.3 Å². The number of primary amides is 1. The van der Waals surface area contributed by atoms with Crippen molar-refractivity contribution in [3.8, 4) is 11.6 Å². The molecule has 4 rings (SSSR count). The first kappa shape index (κ1) is 21.1. The van der Waals surface area contributed by atoms with Gasteiger partial charge in [-0.3, -0.25) is 9.59 Å². The monoisotopic (exact) mass is 427 g/mol. The highest BCUT2D eigenvalue weighted by molar-refractivity contribution is 6.01. The standard InChI is InChI=1S/C23H26FN3O4/c1-2-15-18(27-22(29)20(15)24)12-31-23-16-11-19(30-9-7-13-4-3-5-13)17(21(25)28)10-14(16)6-8-26-23/h6-11,13,15,18,20H,2-5,12H2,1H3,(H2,25,28)(H,27,29)/b9-7+/t15-,18+,20-/m0/s1. The lowest BCUT2D eigenvalue weighted by atomic mass is 9.86. The Kier molecular flexibility index (Phi) is 6.06. The molecule has 2 heterocycles. The molecule has 0 unspecified atom stereocenters. The first-order valence-corrected chi connectivity index (χ1v) is 10.6. The third-order valence-corrected chi connectivity index (χ3v) is 6.13. The zero-order valence-corrected chi connectivity index (χ0v) is 17.3. The number of pyridine rings is 1. The molecule has 1 saturated heterocycles. The molecule has 1 aromatic carbocycles. The number of nitrogens with two attached hydrogens (primary N) is 1. The fourth-order valence-corrected chi connectivity index (χ4v) is 4.03. The second-order valence-corrected chi connectivity index (χ2v) is 8.09. The van der Waals surface area contributed by atoms with Crippen molar-refractivity contribution in [1.29, 1.82) is 0 Å². The van der Waals surface area contributed by atoms with Crippen LogP contribution in [0.25, 0.3) is 10.8 Å². The van der Waals surface area contributed by atoms with Crippen molar-refractivity contribution < 1.29 is 23.5 Å². The van der Waals surface area contributed by atoms with Crippen LogP contribution in [0, 0.1) is 11.8 Å². The number of benzene rings is 1. The summed E-state index contributed by atoms with van der Waals surface area (Å²) >= 11 is 0. The van der Waals surface area contributed by atoms with Crippen LogP contribution in [0.5, 0.6) is 11.6 Å². The Morgan fingerprint density at radius 3 is 2.87 bits per heavy atom. The Bertz CT molecular complexity index is 1020. The normalized spacial score (nSPS) is 23.7. The maximum absolute atomic E-state index is 14.0. The lowest BCUT2D eigenvalue weighted by molar-refractivity contribution is -0.123. The summed E-state index contributed by atoms with van der Waals surface area (Å²) in [5.74, 6) is -0.511. The van der Waals surface area contributed by atoms with Gasteiger partial charge in [0, 0.05) is 17.5 Å². The lowest BCUT2D eigenvalue weighted by Crippen LogP contribution is -2.34. The number of allylic oxidation sites excluding steroid dienone is 1. The van der Waals surface area contributed by atoms with Gasteiger partial charge in [0.1, 0.15) is 12.4 Å². The molecule has 2 amide bonds. The van der Waals surface area contributed by atoms with E-state index in [4.69, 9.17) is 15.2 Å². The van der Waals surface area contributed by atoms with Gasteiger partial charge in [-0.15, -0.1) is 0 Å². The minimum absolute atomic E-state index is 0.0894. The molecule has 3 N–H and O–H groups in total. The minimum Gasteiger partial charge on any atom is -0.475 e. The predicted molar refractivity (Wildman–Crippen MR) is 113 cm³/mol. The largest absolute Gasteiger partial charge is 0.475 e. The van der Waals surface area contributed by atoms with Gasteiger partial charge in [0.25, 0.3) is 11.8 Å². The molecule has 31 heavy (non-hydrogen) atoms. The summed E-state index contributed by atoms with van der Waals surface area (Å²) in [6.45, 7) is 1.93. The number of hydrogen-bond donors (Lipinski definition) is 2. The molecular formula is C23H26FN3O4.